The molecule has 0 radical (unpaired) electrons. The molecule has 114 valence electrons. The number of halogens is 1. The standard InChI is InChI=1S/C14H17FN2O2S2/c1-2-16-9-12-7-13(3-4-14(12)15)21(18,19)17-8-11-5-6-20-10-11/h3-7,10,16-17H,2,8-9H2,1H3. The van der Waals surface area contributed by atoms with Crippen molar-refractivity contribution < 1.29 is 12.8 Å². The zero-order chi connectivity index (χ0) is 15.3. The van der Waals surface area contributed by atoms with Crippen LogP contribution in [0.15, 0.2) is 39.9 Å². The Morgan fingerprint density at radius 3 is 2.71 bits per heavy atom. The molecule has 0 saturated heterocycles. The lowest BCUT2D eigenvalue weighted by molar-refractivity contribution is 0.576. The Morgan fingerprint density at radius 1 is 1.24 bits per heavy atom. The summed E-state index contributed by atoms with van der Waals surface area (Å²) in [5.41, 5.74) is 1.24. The number of hydrogen-bond donors (Lipinski definition) is 2. The Labute approximate surface area is 128 Å². The van der Waals surface area contributed by atoms with Crippen LogP contribution in [0.2, 0.25) is 0 Å². The van der Waals surface area contributed by atoms with Crippen LogP contribution in [0.1, 0.15) is 18.1 Å². The molecule has 0 aliphatic heterocycles. The molecule has 1 heterocycles. The molecule has 0 fully saturated rings. The van der Waals surface area contributed by atoms with Crippen LogP contribution in [-0.4, -0.2) is 15.0 Å². The normalized spacial score (nSPS) is 11.7. The van der Waals surface area contributed by atoms with E-state index in [1.54, 1.807) is 0 Å². The van der Waals surface area contributed by atoms with Gasteiger partial charge in [-0.25, -0.2) is 17.5 Å². The molecule has 0 aliphatic carbocycles. The second-order valence-electron chi connectivity index (χ2n) is 4.49. The quantitative estimate of drug-likeness (QED) is 0.821. The average Bonchev–Trinajstić information content (AvgIpc) is 2.97. The molecule has 0 bridgehead atoms. The molecule has 0 unspecified atom stereocenters. The molecule has 0 amide bonds. The van der Waals surface area contributed by atoms with Crippen molar-refractivity contribution in [1.29, 1.82) is 0 Å². The number of hydrogen-bond acceptors (Lipinski definition) is 4. The number of thiophene rings is 1. The molecule has 0 spiro atoms. The highest BCUT2D eigenvalue weighted by molar-refractivity contribution is 7.89. The first kappa shape index (κ1) is 16.1. The fraction of sp³-hybridized carbons (Fsp3) is 0.286. The van der Waals surface area contributed by atoms with Crippen LogP contribution >= 0.6 is 11.3 Å². The van der Waals surface area contributed by atoms with Crippen LogP contribution in [0.3, 0.4) is 0 Å². The minimum atomic E-state index is -3.64. The molecule has 2 rings (SSSR count). The highest BCUT2D eigenvalue weighted by atomic mass is 32.2. The van der Waals surface area contributed by atoms with E-state index in [0.29, 0.717) is 18.7 Å². The molecule has 2 N–H and O–H groups in total. The van der Waals surface area contributed by atoms with Crippen molar-refractivity contribution in [1.82, 2.24) is 10.0 Å². The number of nitrogens with one attached hydrogen (secondary N) is 2. The van der Waals surface area contributed by atoms with Crippen LogP contribution < -0.4 is 10.0 Å². The van der Waals surface area contributed by atoms with Gasteiger partial charge >= 0.3 is 0 Å². The van der Waals surface area contributed by atoms with E-state index in [4.69, 9.17) is 0 Å². The van der Waals surface area contributed by atoms with Crippen LogP contribution in [0.5, 0.6) is 0 Å². The van der Waals surface area contributed by atoms with Gasteiger partial charge in [0.1, 0.15) is 5.82 Å². The number of sulfonamides is 1. The fourth-order valence-electron chi connectivity index (χ4n) is 1.77. The van der Waals surface area contributed by atoms with Gasteiger partial charge in [-0.05, 0) is 47.1 Å². The van der Waals surface area contributed by atoms with Gasteiger partial charge in [0.25, 0.3) is 0 Å². The lowest BCUT2D eigenvalue weighted by Gasteiger charge is -2.09. The van der Waals surface area contributed by atoms with Gasteiger partial charge in [0.05, 0.1) is 4.90 Å². The molecule has 7 heteroatoms. The molecule has 2 aromatic rings. The summed E-state index contributed by atoms with van der Waals surface area (Å²) in [6, 6.07) is 5.69. The smallest absolute Gasteiger partial charge is 0.240 e. The van der Waals surface area contributed by atoms with E-state index >= 15 is 0 Å². The SMILES string of the molecule is CCNCc1cc(S(=O)(=O)NCc2ccsc2)ccc1F. The maximum atomic E-state index is 13.6. The Morgan fingerprint density at radius 2 is 2.05 bits per heavy atom. The Bertz CT molecular complexity index is 685. The molecule has 1 aromatic heterocycles. The first-order valence-electron chi connectivity index (χ1n) is 6.53. The summed E-state index contributed by atoms with van der Waals surface area (Å²) < 4.78 is 40.6. The van der Waals surface area contributed by atoms with Gasteiger partial charge in [-0.15, -0.1) is 0 Å². The van der Waals surface area contributed by atoms with E-state index < -0.39 is 15.8 Å². The van der Waals surface area contributed by atoms with Crippen LogP contribution in [0, 0.1) is 5.82 Å². The van der Waals surface area contributed by atoms with Crippen molar-refractivity contribution >= 4 is 21.4 Å². The summed E-state index contributed by atoms with van der Waals surface area (Å²) in [5.74, 6) is -0.410. The molecule has 1 aromatic carbocycles. The summed E-state index contributed by atoms with van der Waals surface area (Å²) in [5, 5.41) is 6.75. The van der Waals surface area contributed by atoms with Crippen LogP contribution in [0.25, 0.3) is 0 Å². The maximum Gasteiger partial charge on any atom is 0.240 e. The molecular formula is C14H17FN2O2S2. The van der Waals surface area contributed by atoms with E-state index in [2.05, 4.69) is 10.0 Å². The fourth-order valence-corrected chi connectivity index (χ4v) is 3.50. The second kappa shape index (κ2) is 7.13. The lowest BCUT2D eigenvalue weighted by atomic mass is 10.2. The average molecular weight is 328 g/mol. The van der Waals surface area contributed by atoms with Gasteiger partial charge in [0.2, 0.25) is 10.0 Å². The van der Waals surface area contributed by atoms with Crippen molar-refractivity contribution in [3.63, 3.8) is 0 Å². The maximum absolute atomic E-state index is 13.6. The summed E-state index contributed by atoms with van der Waals surface area (Å²) >= 11 is 1.51. The summed E-state index contributed by atoms with van der Waals surface area (Å²) in [6.45, 7) is 3.12. The van der Waals surface area contributed by atoms with Crippen molar-refractivity contribution in [2.75, 3.05) is 6.54 Å². The van der Waals surface area contributed by atoms with Gasteiger partial charge in [-0.3, -0.25) is 0 Å². The Kier molecular flexibility index (Phi) is 5.46. The predicted octanol–water partition coefficient (Wildman–Crippen LogP) is 2.48. The van der Waals surface area contributed by atoms with Gasteiger partial charge in [0, 0.05) is 18.7 Å². The predicted molar refractivity (Wildman–Crippen MR) is 82.1 cm³/mol. The summed E-state index contributed by atoms with van der Waals surface area (Å²) in [6.07, 6.45) is 0. The van der Waals surface area contributed by atoms with Crippen LogP contribution in [0.4, 0.5) is 4.39 Å². The Balaban J connectivity index is 2.15. The van der Waals surface area contributed by atoms with E-state index in [0.717, 1.165) is 5.56 Å². The van der Waals surface area contributed by atoms with Crippen molar-refractivity contribution in [2.45, 2.75) is 24.9 Å². The minimum Gasteiger partial charge on any atom is -0.313 e. The Hall–Kier alpha value is -1.28. The zero-order valence-corrected chi connectivity index (χ0v) is 13.2. The second-order valence-corrected chi connectivity index (χ2v) is 7.04. The number of benzene rings is 1. The molecule has 4 nitrogen and oxygen atoms in total. The molecular weight excluding hydrogens is 311 g/mol. The van der Waals surface area contributed by atoms with Crippen molar-refractivity contribution in [3.8, 4) is 0 Å². The molecule has 21 heavy (non-hydrogen) atoms. The zero-order valence-electron chi connectivity index (χ0n) is 11.6. The van der Waals surface area contributed by atoms with Crippen molar-refractivity contribution in [3.05, 3.63) is 52.0 Å². The van der Waals surface area contributed by atoms with E-state index in [9.17, 15) is 12.8 Å². The highest BCUT2D eigenvalue weighted by Crippen LogP contribution is 2.16. The van der Waals surface area contributed by atoms with Gasteiger partial charge in [0.15, 0.2) is 0 Å². The minimum absolute atomic E-state index is 0.0760. The monoisotopic (exact) mass is 328 g/mol. The third-order valence-corrected chi connectivity index (χ3v) is 5.07. The van der Waals surface area contributed by atoms with Crippen LogP contribution in [-0.2, 0) is 23.1 Å². The first-order chi connectivity index (χ1) is 10.0. The summed E-state index contributed by atoms with van der Waals surface area (Å²) in [7, 11) is -3.64. The largest absolute Gasteiger partial charge is 0.313 e. The van der Waals surface area contributed by atoms with Crippen molar-refractivity contribution in [2.24, 2.45) is 0 Å². The van der Waals surface area contributed by atoms with Gasteiger partial charge in [-0.1, -0.05) is 6.92 Å². The lowest BCUT2D eigenvalue weighted by Crippen LogP contribution is -2.23. The third-order valence-electron chi connectivity index (χ3n) is 2.94. The topological polar surface area (TPSA) is 58.2 Å². The van der Waals surface area contributed by atoms with Gasteiger partial charge in [-0.2, -0.15) is 11.3 Å². The van der Waals surface area contributed by atoms with Gasteiger partial charge < -0.3 is 5.32 Å². The number of rotatable bonds is 7. The first-order valence-corrected chi connectivity index (χ1v) is 8.95. The van der Waals surface area contributed by atoms with E-state index in [1.165, 1.54) is 29.5 Å². The molecule has 0 atom stereocenters. The van der Waals surface area contributed by atoms with E-state index in [1.807, 2.05) is 23.8 Å². The third kappa shape index (κ3) is 4.34. The van der Waals surface area contributed by atoms with E-state index in [-0.39, 0.29) is 11.4 Å². The molecule has 0 saturated carbocycles. The molecule has 0 aliphatic rings. The highest BCUT2D eigenvalue weighted by Gasteiger charge is 2.16. The summed E-state index contributed by atoms with van der Waals surface area (Å²) in [4.78, 5) is 0.0760.